The average molecular weight is 493 g/mol. The van der Waals surface area contributed by atoms with Gasteiger partial charge in [0.1, 0.15) is 0 Å². The molecule has 1 aromatic heterocycles. The van der Waals surface area contributed by atoms with Crippen molar-refractivity contribution < 1.29 is 21.6 Å². The first-order valence-electron chi connectivity index (χ1n) is 10.9. The van der Waals surface area contributed by atoms with Crippen LogP contribution in [0.2, 0.25) is 0 Å². The third-order valence-corrected chi connectivity index (χ3v) is 10.6. The lowest BCUT2D eigenvalue weighted by Crippen LogP contribution is -2.52. The van der Waals surface area contributed by atoms with E-state index in [4.69, 9.17) is 0 Å². The van der Waals surface area contributed by atoms with Crippen molar-refractivity contribution in [2.45, 2.75) is 25.5 Å². The van der Waals surface area contributed by atoms with E-state index in [9.17, 15) is 21.6 Å². The summed E-state index contributed by atoms with van der Waals surface area (Å²) in [6.45, 7) is 4.71. The van der Waals surface area contributed by atoms with E-state index in [1.807, 2.05) is 48.9 Å². The summed E-state index contributed by atoms with van der Waals surface area (Å²) in [5, 5.41) is 3.70. The molecule has 0 bridgehead atoms. The third-order valence-electron chi connectivity index (χ3n) is 6.26. The number of sulfonamides is 1. The highest BCUT2D eigenvalue weighted by molar-refractivity contribution is 7.95. The number of rotatable bonds is 5. The van der Waals surface area contributed by atoms with Crippen LogP contribution in [0, 0.1) is 13.8 Å². The van der Waals surface area contributed by atoms with Crippen LogP contribution in [0.25, 0.3) is 11.8 Å². The van der Waals surface area contributed by atoms with Gasteiger partial charge in [0.15, 0.2) is 9.84 Å². The first-order valence-corrected chi connectivity index (χ1v) is 14.2. The number of hydrogen-bond acceptors (Lipinski definition) is 6. The number of aromatic nitrogens is 2. The van der Waals surface area contributed by atoms with Gasteiger partial charge in [-0.1, -0.05) is 18.2 Å². The van der Waals surface area contributed by atoms with Crippen molar-refractivity contribution in [1.29, 1.82) is 0 Å². The van der Waals surface area contributed by atoms with Gasteiger partial charge in [0.25, 0.3) is 0 Å². The predicted molar refractivity (Wildman–Crippen MR) is 126 cm³/mol. The Balaban J connectivity index is 1.40. The molecule has 2 aromatic rings. The van der Waals surface area contributed by atoms with E-state index >= 15 is 0 Å². The second-order valence-corrected chi connectivity index (χ2v) is 12.9. The monoisotopic (exact) mass is 492 g/mol. The minimum atomic E-state index is -3.68. The molecule has 2 saturated heterocycles. The lowest BCUT2D eigenvalue weighted by Gasteiger charge is -2.34. The third kappa shape index (κ3) is 4.90. The normalized spacial score (nSPS) is 21.6. The number of carbonyl (C=O) groups is 1. The SMILES string of the molecule is Cc1nn(-c2ccccc2)c(C)c1/C=C/C(=O)N1CCN(S(=O)(=O)C2CCS(=O)(=O)C2)CC1. The molecule has 2 fully saturated rings. The maximum absolute atomic E-state index is 12.8. The number of benzene rings is 1. The fraction of sp³-hybridized carbons (Fsp3) is 0.455. The Kier molecular flexibility index (Phi) is 6.47. The summed E-state index contributed by atoms with van der Waals surface area (Å²) in [5.41, 5.74) is 3.54. The van der Waals surface area contributed by atoms with Crippen LogP contribution in [-0.2, 0) is 24.7 Å². The number of piperazine rings is 1. The van der Waals surface area contributed by atoms with Crippen molar-refractivity contribution in [3.8, 4) is 5.69 Å². The number of amides is 1. The molecule has 1 unspecified atom stereocenters. The predicted octanol–water partition coefficient (Wildman–Crippen LogP) is 1.16. The largest absolute Gasteiger partial charge is 0.337 e. The zero-order valence-electron chi connectivity index (χ0n) is 18.7. The minimum absolute atomic E-state index is 0.0835. The maximum atomic E-state index is 12.8. The van der Waals surface area contributed by atoms with E-state index in [1.54, 1.807) is 11.0 Å². The summed E-state index contributed by atoms with van der Waals surface area (Å²) < 4.78 is 52.1. The Hall–Kier alpha value is -2.50. The highest BCUT2D eigenvalue weighted by atomic mass is 32.2. The Labute approximate surface area is 194 Å². The van der Waals surface area contributed by atoms with E-state index in [1.165, 1.54) is 10.4 Å². The smallest absolute Gasteiger partial charge is 0.246 e. The van der Waals surface area contributed by atoms with Crippen molar-refractivity contribution in [3.63, 3.8) is 0 Å². The van der Waals surface area contributed by atoms with Crippen LogP contribution in [0.3, 0.4) is 0 Å². The molecule has 0 saturated carbocycles. The molecule has 1 amide bonds. The van der Waals surface area contributed by atoms with Gasteiger partial charge in [-0.3, -0.25) is 4.79 Å². The number of carbonyl (C=O) groups excluding carboxylic acids is 1. The molecular formula is C22H28N4O5S2. The molecule has 178 valence electrons. The fourth-order valence-electron chi connectivity index (χ4n) is 4.35. The Morgan fingerprint density at radius 2 is 1.76 bits per heavy atom. The molecule has 4 rings (SSSR count). The van der Waals surface area contributed by atoms with Crippen molar-refractivity contribution in [3.05, 3.63) is 53.4 Å². The molecule has 0 radical (unpaired) electrons. The zero-order valence-corrected chi connectivity index (χ0v) is 20.3. The van der Waals surface area contributed by atoms with Gasteiger partial charge in [0, 0.05) is 43.5 Å². The number of hydrogen-bond donors (Lipinski definition) is 0. The highest BCUT2D eigenvalue weighted by Crippen LogP contribution is 2.23. The molecule has 3 heterocycles. The molecule has 9 nitrogen and oxygen atoms in total. The molecule has 1 aromatic carbocycles. The Morgan fingerprint density at radius 1 is 1.09 bits per heavy atom. The maximum Gasteiger partial charge on any atom is 0.246 e. The van der Waals surface area contributed by atoms with Gasteiger partial charge in [0.2, 0.25) is 15.9 Å². The number of para-hydroxylation sites is 1. The zero-order chi connectivity index (χ0) is 23.8. The van der Waals surface area contributed by atoms with Crippen LogP contribution in [0.15, 0.2) is 36.4 Å². The van der Waals surface area contributed by atoms with Crippen molar-refractivity contribution in [2.75, 3.05) is 37.7 Å². The molecular weight excluding hydrogens is 464 g/mol. The van der Waals surface area contributed by atoms with E-state index in [0.717, 1.165) is 22.6 Å². The van der Waals surface area contributed by atoms with E-state index in [-0.39, 0.29) is 50.0 Å². The number of sulfone groups is 1. The van der Waals surface area contributed by atoms with E-state index < -0.39 is 25.1 Å². The Morgan fingerprint density at radius 3 is 2.36 bits per heavy atom. The summed E-state index contributed by atoms with van der Waals surface area (Å²) in [4.78, 5) is 14.3. The van der Waals surface area contributed by atoms with Gasteiger partial charge in [-0.05, 0) is 38.5 Å². The standard InChI is InChI=1S/C22H28N4O5S2/c1-17-21(18(2)26(23-17)19-6-4-3-5-7-19)8-9-22(27)24-11-13-25(14-12-24)33(30,31)20-10-15-32(28,29)16-20/h3-9,20H,10-16H2,1-2H3/b9-8+. The first kappa shape index (κ1) is 23.7. The highest BCUT2D eigenvalue weighted by Gasteiger charge is 2.41. The van der Waals surface area contributed by atoms with Crippen LogP contribution in [0.4, 0.5) is 0 Å². The van der Waals surface area contributed by atoms with E-state index in [2.05, 4.69) is 5.10 Å². The van der Waals surface area contributed by atoms with Crippen molar-refractivity contribution in [1.82, 2.24) is 19.0 Å². The molecule has 33 heavy (non-hydrogen) atoms. The van der Waals surface area contributed by atoms with E-state index in [0.29, 0.717) is 0 Å². The molecule has 11 heteroatoms. The quantitative estimate of drug-likeness (QED) is 0.580. The molecule has 2 aliphatic rings. The molecule has 0 aliphatic carbocycles. The second-order valence-electron chi connectivity index (χ2n) is 8.46. The average Bonchev–Trinajstić information content (AvgIpc) is 3.31. The fourth-order valence-corrected chi connectivity index (χ4v) is 8.86. The number of nitrogens with zero attached hydrogens (tertiary/aromatic N) is 4. The summed E-state index contributed by atoms with van der Waals surface area (Å²) in [6, 6.07) is 9.75. The Bertz CT molecular complexity index is 1280. The van der Waals surface area contributed by atoms with Crippen LogP contribution >= 0.6 is 0 Å². The molecule has 0 N–H and O–H groups in total. The summed E-state index contributed by atoms with van der Waals surface area (Å²) >= 11 is 0. The molecule has 0 spiro atoms. The van der Waals surface area contributed by atoms with Gasteiger partial charge in [-0.25, -0.2) is 21.5 Å². The van der Waals surface area contributed by atoms with Gasteiger partial charge in [-0.15, -0.1) is 0 Å². The van der Waals surface area contributed by atoms with Crippen molar-refractivity contribution >= 4 is 31.8 Å². The van der Waals surface area contributed by atoms with Crippen LogP contribution in [0.5, 0.6) is 0 Å². The van der Waals surface area contributed by atoms with Crippen LogP contribution in [0.1, 0.15) is 23.4 Å². The van der Waals surface area contributed by atoms with Gasteiger partial charge < -0.3 is 4.90 Å². The summed E-state index contributed by atoms with van der Waals surface area (Å²) in [6.07, 6.45) is 3.40. The lowest BCUT2D eigenvalue weighted by molar-refractivity contribution is -0.127. The second kappa shape index (κ2) is 9.03. The number of aryl methyl sites for hydroxylation is 1. The first-order chi connectivity index (χ1) is 15.6. The topological polar surface area (TPSA) is 110 Å². The summed E-state index contributed by atoms with van der Waals surface area (Å²) in [5.74, 6) is -0.589. The van der Waals surface area contributed by atoms with Gasteiger partial charge in [0.05, 0.1) is 28.1 Å². The van der Waals surface area contributed by atoms with Crippen molar-refractivity contribution in [2.24, 2.45) is 0 Å². The molecule has 2 aliphatic heterocycles. The van der Waals surface area contributed by atoms with Gasteiger partial charge >= 0.3 is 0 Å². The van der Waals surface area contributed by atoms with Gasteiger partial charge in [-0.2, -0.15) is 9.40 Å². The summed E-state index contributed by atoms with van der Waals surface area (Å²) in [7, 11) is -6.97. The van der Waals surface area contributed by atoms with Crippen LogP contribution in [-0.4, -0.2) is 84.7 Å². The van der Waals surface area contributed by atoms with Crippen LogP contribution < -0.4 is 0 Å². The lowest BCUT2D eigenvalue weighted by atomic mass is 10.1. The minimum Gasteiger partial charge on any atom is -0.337 e. The molecule has 1 atom stereocenters.